The monoisotopic (exact) mass is 452 g/mol. The minimum atomic E-state index is -0.250. The number of amides is 1. The molecule has 7 heteroatoms. The van der Waals surface area contributed by atoms with Crippen molar-refractivity contribution in [2.75, 3.05) is 11.1 Å². The van der Waals surface area contributed by atoms with E-state index in [1.165, 1.54) is 11.3 Å². The largest absolute Gasteiger partial charge is 0.312 e. The van der Waals surface area contributed by atoms with E-state index in [1.54, 1.807) is 30.0 Å². The third-order valence-corrected chi connectivity index (χ3v) is 6.14. The molecule has 0 aliphatic heterocycles. The Morgan fingerprint density at radius 1 is 1.28 bits per heavy atom. The lowest BCUT2D eigenvalue weighted by Gasteiger charge is -2.07. The van der Waals surface area contributed by atoms with Gasteiger partial charge < -0.3 is 5.32 Å². The van der Waals surface area contributed by atoms with Gasteiger partial charge in [-0.05, 0) is 24.0 Å². The van der Waals surface area contributed by atoms with Crippen molar-refractivity contribution in [3.63, 3.8) is 0 Å². The van der Waals surface area contributed by atoms with E-state index in [0.29, 0.717) is 10.6 Å². The number of halogens is 2. The highest BCUT2D eigenvalue weighted by atomic mass is 79.9. The van der Waals surface area contributed by atoms with E-state index in [2.05, 4.69) is 33.2 Å². The summed E-state index contributed by atoms with van der Waals surface area (Å²) < 4.78 is 1.73. The first-order chi connectivity index (χ1) is 12.1. The van der Waals surface area contributed by atoms with Crippen molar-refractivity contribution in [1.29, 1.82) is 0 Å². The van der Waals surface area contributed by atoms with Gasteiger partial charge in [-0.2, -0.15) is 0 Å². The van der Waals surface area contributed by atoms with Gasteiger partial charge in [-0.15, -0.1) is 0 Å². The fraction of sp³-hybridized carbons (Fsp3) is 0.111. The maximum Gasteiger partial charge on any atom is 0.257 e. The first-order valence-electron chi connectivity index (χ1n) is 7.54. The lowest BCUT2D eigenvalue weighted by molar-refractivity contribution is 0.102. The average Bonchev–Trinajstić information content (AvgIpc) is 3.00. The third-order valence-electron chi connectivity index (χ3n) is 3.32. The topological polar surface area (TPSA) is 42.0 Å². The Kier molecular flexibility index (Phi) is 6.17. The maximum absolute atomic E-state index is 12.7. The highest BCUT2D eigenvalue weighted by Gasteiger charge is 2.18. The summed E-state index contributed by atoms with van der Waals surface area (Å²) in [5, 5.41) is 4.11. The summed E-state index contributed by atoms with van der Waals surface area (Å²) in [6, 6.07) is 15.0. The highest BCUT2D eigenvalue weighted by Crippen LogP contribution is 2.38. The number of thioether (sulfide) groups is 1. The number of hydrogen-bond acceptors (Lipinski definition) is 4. The lowest BCUT2D eigenvalue weighted by atomic mass is 10.1. The van der Waals surface area contributed by atoms with Crippen LogP contribution in [-0.4, -0.2) is 16.6 Å². The molecule has 0 radical (unpaired) electrons. The van der Waals surface area contributed by atoms with E-state index in [9.17, 15) is 4.79 Å². The number of nitrogens with zero attached hydrogens (tertiary/aromatic N) is 1. The highest BCUT2D eigenvalue weighted by molar-refractivity contribution is 9.10. The van der Waals surface area contributed by atoms with E-state index in [4.69, 9.17) is 11.6 Å². The Bertz CT molecular complexity index is 899. The van der Waals surface area contributed by atoms with Crippen LogP contribution in [0.3, 0.4) is 0 Å². The van der Waals surface area contributed by atoms with Crippen LogP contribution in [0.5, 0.6) is 0 Å². The predicted molar refractivity (Wildman–Crippen MR) is 111 cm³/mol. The number of carbonyl (C=O) groups is 1. The Hall–Kier alpha value is -1.34. The van der Waals surface area contributed by atoms with Crippen molar-refractivity contribution >= 4 is 61.5 Å². The van der Waals surface area contributed by atoms with Gasteiger partial charge in [-0.3, -0.25) is 4.79 Å². The Morgan fingerprint density at radius 3 is 2.76 bits per heavy atom. The SMILES string of the molecule is CCSc1nc(-c2ccccc2)c(NC(=O)c2cc(Br)ccc2Cl)s1. The number of benzene rings is 2. The first-order valence-corrected chi connectivity index (χ1v) is 10.5. The standard InChI is InChI=1S/C18H14BrClN2OS2/c1-2-24-18-21-15(11-6-4-3-5-7-11)17(25-18)22-16(23)13-10-12(19)8-9-14(13)20/h3-10H,2H2,1H3,(H,22,23). The van der Waals surface area contributed by atoms with Crippen molar-refractivity contribution < 1.29 is 4.79 Å². The van der Waals surface area contributed by atoms with Gasteiger partial charge in [0.1, 0.15) is 10.7 Å². The molecular formula is C18H14BrClN2OS2. The molecule has 1 N–H and O–H groups in total. The summed E-state index contributed by atoms with van der Waals surface area (Å²) in [6.45, 7) is 2.08. The fourth-order valence-electron chi connectivity index (χ4n) is 2.20. The summed E-state index contributed by atoms with van der Waals surface area (Å²) in [7, 11) is 0. The zero-order chi connectivity index (χ0) is 17.8. The summed E-state index contributed by atoms with van der Waals surface area (Å²) in [6.07, 6.45) is 0. The number of carbonyl (C=O) groups excluding carboxylic acids is 1. The van der Waals surface area contributed by atoms with Gasteiger partial charge in [0.15, 0.2) is 4.34 Å². The van der Waals surface area contributed by atoms with E-state index in [-0.39, 0.29) is 5.91 Å². The second kappa shape index (κ2) is 8.36. The first kappa shape index (κ1) is 18.5. The molecule has 128 valence electrons. The Labute approximate surface area is 168 Å². The van der Waals surface area contributed by atoms with Gasteiger partial charge in [-0.25, -0.2) is 4.98 Å². The zero-order valence-electron chi connectivity index (χ0n) is 13.3. The Balaban J connectivity index is 1.96. The molecule has 1 heterocycles. The van der Waals surface area contributed by atoms with Crippen LogP contribution in [0, 0.1) is 0 Å². The molecule has 3 aromatic rings. The molecule has 3 nitrogen and oxygen atoms in total. The number of aromatic nitrogens is 1. The van der Waals surface area contributed by atoms with Crippen molar-refractivity contribution in [2.45, 2.75) is 11.3 Å². The molecule has 0 bridgehead atoms. The van der Waals surface area contributed by atoms with Crippen LogP contribution in [0.15, 0.2) is 57.3 Å². The van der Waals surface area contributed by atoms with Gasteiger partial charge in [-0.1, -0.05) is 87.9 Å². The molecule has 1 amide bonds. The van der Waals surface area contributed by atoms with Crippen LogP contribution in [0.25, 0.3) is 11.3 Å². The number of rotatable bonds is 5. The minimum Gasteiger partial charge on any atom is -0.312 e. The molecular weight excluding hydrogens is 440 g/mol. The molecule has 0 saturated heterocycles. The molecule has 1 aromatic heterocycles. The summed E-state index contributed by atoms with van der Waals surface area (Å²) in [5.74, 6) is 0.673. The molecule has 0 atom stereocenters. The van der Waals surface area contributed by atoms with Crippen LogP contribution in [-0.2, 0) is 0 Å². The van der Waals surface area contributed by atoms with Crippen LogP contribution in [0.2, 0.25) is 5.02 Å². The number of nitrogens with one attached hydrogen (secondary N) is 1. The normalized spacial score (nSPS) is 10.7. The molecule has 0 saturated carbocycles. The number of hydrogen-bond donors (Lipinski definition) is 1. The van der Waals surface area contributed by atoms with Gasteiger partial charge in [0.2, 0.25) is 0 Å². The summed E-state index contributed by atoms with van der Waals surface area (Å²) >= 11 is 12.7. The van der Waals surface area contributed by atoms with Crippen molar-refractivity contribution in [3.05, 3.63) is 63.6 Å². The molecule has 2 aromatic carbocycles. The molecule has 0 unspecified atom stereocenters. The van der Waals surface area contributed by atoms with Gasteiger partial charge >= 0.3 is 0 Å². The predicted octanol–water partition coefficient (Wildman–Crippen LogP) is 6.59. The van der Waals surface area contributed by atoms with Crippen molar-refractivity contribution in [1.82, 2.24) is 4.98 Å². The van der Waals surface area contributed by atoms with E-state index in [1.807, 2.05) is 30.3 Å². The van der Waals surface area contributed by atoms with Gasteiger partial charge in [0.25, 0.3) is 5.91 Å². The smallest absolute Gasteiger partial charge is 0.257 e. The number of anilines is 1. The van der Waals surface area contributed by atoms with Gasteiger partial charge in [0, 0.05) is 10.0 Å². The molecule has 0 aliphatic carbocycles. The fourth-order valence-corrected chi connectivity index (χ4v) is 4.73. The molecule has 0 aliphatic rings. The molecule has 25 heavy (non-hydrogen) atoms. The second-order valence-electron chi connectivity index (χ2n) is 5.03. The van der Waals surface area contributed by atoms with Crippen LogP contribution in [0.1, 0.15) is 17.3 Å². The van der Waals surface area contributed by atoms with Gasteiger partial charge in [0.05, 0.1) is 10.6 Å². The molecule has 0 fully saturated rings. The van der Waals surface area contributed by atoms with Crippen LogP contribution >= 0.6 is 50.6 Å². The quantitative estimate of drug-likeness (QED) is 0.443. The van der Waals surface area contributed by atoms with E-state index >= 15 is 0 Å². The Morgan fingerprint density at radius 2 is 2.04 bits per heavy atom. The van der Waals surface area contributed by atoms with E-state index < -0.39 is 0 Å². The molecule has 3 rings (SSSR count). The van der Waals surface area contributed by atoms with Crippen LogP contribution < -0.4 is 5.32 Å². The summed E-state index contributed by atoms with van der Waals surface area (Å²) in [4.78, 5) is 17.4. The average molecular weight is 454 g/mol. The van der Waals surface area contributed by atoms with Crippen LogP contribution in [0.4, 0.5) is 5.00 Å². The minimum absolute atomic E-state index is 0.250. The molecule has 0 spiro atoms. The summed E-state index contributed by atoms with van der Waals surface area (Å²) in [5.41, 5.74) is 2.17. The zero-order valence-corrected chi connectivity index (χ0v) is 17.2. The van der Waals surface area contributed by atoms with Crippen molar-refractivity contribution in [3.8, 4) is 11.3 Å². The third kappa shape index (κ3) is 4.44. The maximum atomic E-state index is 12.7. The number of thiazole rings is 1. The van der Waals surface area contributed by atoms with E-state index in [0.717, 1.165) is 30.8 Å². The lowest BCUT2D eigenvalue weighted by Crippen LogP contribution is -2.12. The van der Waals surface area contributed by atoms with Crippen molar-refractivity contribution in [2.24, 2.45) is 0 Å². The second-order valence-corrected chi connectivity index (χ2v) is 8.87.